The molecular formula is C23H15Cl2N3O4. The Morgan fingerprint density at radius 2 is 1.75 bits per heavy atom. The fourth-order valence-corrected chi connectivity index (χ4v) is 3.89. The molecule has 0 unspecified atom stereocenters. The van der Waals surface area contributed by atoms with E-state index >= 15 is 0 Å². The van der Waals surface area contributed by atoms with E-state index in [-0.39, 0.29) is 5.69 Å². The molecule has 0 aliphatic carbocycles. The summed E-state index contributed by atoms with van der Waals surface area (Å²) in [5, 5.41) is 17.4. The number of anilines is 1. The van der Waals surface area contributed by atoms with Gasteiger partial charge < -0.3 is 4.74 Å². The fourth-order valence-electron chi connectivity index (χ4n) is 3.30. The number of halogens is 2. The molecule has 1 heterocycles. The van der Waals surface area contributed by atoms with Gasteiger partial charge in [0.05, 0.1) is 28.3 Å². The van der Waals surface area contributed by atoms with Crippen molar-refractivity contribution >= 4 is 52.3 Å². The third-order valence-electron chi connectivity index (χ3n) is 4.77. The number of carbonyl (C=O) groups is 1. The maximum atomic E-state index is 13.4. The number of ether oxygens (including phenoxy) is 1. The first-order valence-corrected chi connectivity index (χ1v) is 10.1. The van der Waals surface area contributed by atoms with Crippen LogP contribution in [-0.4, -0.2) is 23.7 Å². The summed E-state index contributed by atoms with van der Waals surface area (Å²) < 4.78 is 5.40. The van der Waals surface area contributed by atoms with Gasteiger partial charge in [0, 0.05) is 28.3 Å². The van der Waals surface area contributed by atoms with Crippen molar-refractivity contribution in [2.24, 2.45) is 5.10 Å². The van der Waals surface area contributed by atoms with Crippen LogP contribution in [0.25, 0.3) is 6.08 Å². The number of nitrogens with zero attached hydrogens (tertiary/aromatic N) is 3. The van der Waals surface area contributed by atoms with E-state index in [1.165, 1.54) is 36.4 Å². The van der Waals surface area contributed by atoms with Crippen LogP contribution in [0.15, 0.2) is 77.4 Å². The molecule has 0 fully saturated rings. The van der Waals surface area contributed by atoms with Gasteiger partial charge in [-0.1, -0.05) is 53.5 Å². The molecule has 0 N–H and O–H groups in total. The number of carbonyl (C=O) groups excluding carboxylic acids is 1. The molecule has 7 nitrogen and oxygen atoms in total. The van der Waals surface area contributed by atoms with Crippen molar-refractivity contribution in [2.45, 2.75) is 0 Å². The molecule has 0 aromatic heterocycles. The zero-order chi connectivity index (χ0) is 22.8. The summed E-state index contributed by atoms with van der Waals surface area (Å²) in [6, 6.07) is 18.0. The number of benzene rings is 3. The second-order valence-electron chi connectivity index (χ2n) is 6.77. The van der Waals surface area contributed by atoms with E-state index in [0.717, 1.165) is 5.56 Å². The number of amides is 1. The van der Waals surface area contributed by atoms with Gasteiger partial charge in [-0.05, 0) is 30.3 Å². The quantitative estimate of drug-likeness (QED) is 0.271. The summed E-state index contributed by atoms with van der Waals surface area (Å²) in [6.45, 7) is 0. The lowest BCUT2D eigenvalue weighted by atomic mass is 10.00. The van der Waals surface area contributed by atoms with Gasteiger partial charge in [-0.2, -0.15) is 10.1 Å². The Hall–Kier alpha value is -3.68. The smallest absolute Gasteiger partial charge is 0.281 e. The van der Waals surface area contributed by atoms with Crippen molar-refractivity contribution in [3.63, 3.8) is 0 Å². The van der Waals surface area contributed by atoms with Crippen LogP contribution in [-0.2, 0) is 4.79 Å². The highest BCUT2D eigenvalue weighted by Crippen LogP contribution is 2.36. The second kappa shape index (κ2) is 8.82. The molecule has 1 aliphatic heterocycles. The molecule has 1 aliphatic rings. The molecule has 160 valence electrons. The Morgan fingerprint density at radius 3 is 2.38 bits per heavy atom. The Balaban J connectivity index is 1.85. The van der Waals surface area contributed by atoms with Crippen LogP contribution in [0.3, 0.4) is 0 Å². The highest BCUT2D eigenvalue weighted by Gasteiger charge is 2.32. The molecule has 0 saturated carbocycles. The number of nitro groups is 1. The Labute approximate surface area is 193 Å². The highest BCUT2D eigenvalue weighted by atomic mass is 35.5. The molecule has 3 aromatic carbocycles. The van der Waals surface area contributed by atoms with Gasteiger partial charge in [0.2, 0.25) is 0 Å². The molecule has 0 radical (unpaired) electrons. The minimum absolute atomic E-state index is 0.0817. The maximum absolute atomic E-state index is 13.4. The summed E-state index contributed by atoms with van der Waals surface area (Å²) in [5.41, 5.74) is 2.29. The molecule has 1 amide bonds. The van der Waals surface area contributed by atoms with Crippen molar-refractivity contribution in [1.82, 2.24) is 0 Å². The normalized spacial score (nSPS) is 14.6. The zero-order valence-corrected chi connectivity index (χ0v) is 18.2. The van der Waals surface area contributed by atoms with E-state index in [9.17, 15) is 14.9 Å². The van der Waals surface area contributed by atoms with Gasteiger partial charge in [0.15, 0.2) is 0 Å². The average molecular weight is 468 g/mol. The number of rotatable bonds is 5. The van der Waals surface area contributed by atoms with Gasteiger partial charge >= 0.3 is 0 Å². The number of hydrogen-bond donors (Lipinski definition) is 0. The molecule has 0 atom stereocenters. The number of nitro benzene ring substituents is 1. The fraction of sp³-hybridized carbons (Fsp3) is 0.0435. The average Bonchev–Trinajstić information content (AvgIpc) is 3.10. The topological polar surface area (TPSA) is 85.0 Å². The molecule has 0 saturated heterocycles. The third kappa shape index (κ3) is 4.08. The number of methoxy groups -OCH3 is 1. The van der Waals surface area contributed by atoms with Crippen LogP contribution in [0, 0.1) is 10.1 Å². The summed E-state index contributed by atoms with van der Waals surface area (Å²) in [6.07, 6.45) is 1.62. The van der Waals surface area contributed by atoms with Crippen molar-refractivity contribution < 1.29 is 14.5 Å². The maximum Gasteiger partial charge on any atom is 0.281 e. The molecule has 3 aromatic rings. The standard InChI is InChI=1S/C23H15Cl2N3O4/c1-32-22-15(11-16(24)13-20(22)25)12-19-21(14-5-3-2-4-6-14)26-27(23(19)29)17-7-9-18(10-8-17)28(30)31/h2-13H,1H3/b19-12-. The molecule has 4 rings (SSSR count). The summed E-state index contributed by atoms with van der Waals surface area (Å²) in [7, 11) is 1.48. The van der Waals surface area contributed by atoms with Crippen LogP contribution in [0.1, 0.15) is 11.1 Å². The van der Waals surface area contributed by atoms with Crippen LogP contribution < -0.4 is 9.75 Å². The first kappa shape index (κ1) is 21.5. The predicted molar refractivity (Wildman–Crippen MR) is 125 cm³/mol. The number of non-ortho nitro benzene ring substituents is 1. The highest BCUT2D eigenvalue weighted by molar-refractivity contribution is 6.38. The third-order valence-corrected chi connectivity index (χ3v) is 5.27. The van der Waals surface area contributed by atoms with Crippen molar-refractivity contribution in [1.29, 1.82) is 0 Å². The molecule has 9 heteroatoms. The lowest BCUT2D eigenvalue weighted by molar-refractivity contribution is -0.384. The monoisotopic (exact) mass is 467 g/mol. The Kier molecular flexibility index (Phi) is 5.94. The van der Waals surface area contributed by atoms with Crippen molar-refractivity contribution in [3.8, 4) is 5.75 Å². The van der Waals surface area contributed by atoms with E-state index in [4.69, 9.17) is 27.9 Å². The second-order valence-corrected chi connectivity index (χ2v) is 7.62. The largest absolute Gasteiger partial charge is 0.495 e. The van der Waals surface area contributed by atoms with E-state index in [0.29, 0.717) is 38.3 Å². The van der Waals surface area contributed by atoms with Gasteiger partial charge in [0.25, 0.3) is 11.6 Å². The van der Waals surface area contributed by atoms with Gasteiger partial charge in [-0.25, -0.2) is 0 Å². The van der Waals surface area contributed by atoms with Crippen molar-refractivity contribution in [2.75, 3.05) is 12.1 Å². The van der Waals surface area contributed by atoms with Crippen molar-refractivity contribution in [3.05, 3.63) is 104 Å². The van der Waals surface area contributed by atoms with E-state index in [1.807, 2.05) is 30.3 Å². The van der Waals surface area contributed by atoms with Gasteiger partial charge in [-0.3, -0.25) is 14.9 Å². The zero-order valence-electron chi connectivity index (χ0n) is 16.7. The Bertz CT molecular complexity index is 1270. The van der Waals surface area contributed by atoms with E-state index in [1.54, 1.807) is 18.2 Å². The molecule has 0 spiro atoms. The summed E-state index contributed by atoms with van der Waals surface area (Å²) in [4.78, 5) is 23.8. The van der Waals surface area contributed by atoms with Crippen LogP contribution in [0.5, 0.6) is 5.75 Å². The van der Waals surface area contributed by atoms with E-state index in [2.05, 4.69) is 5.10 Å². The van der Waals surface area contributed by atoms with E-state index < -0.39 is 10.8 Å². The number of hydrogen-bond acceptors (Lipinski definition) is 5. The van der Waals surface area contributed by atoms with Crippen LogP contribution >= 0.6 is 23.2 Å². The minimum atomic E-state index is -0.505. The first-order valence-electron chi connectivity index (χ1n) is 9.37. The van der Waals surface area contributed by atoms with Gasteiger partial charge in [-0.15, -0.1) is 0 Å². The lowest BCUT2D eigenvalue weighted by Crippen LogP contribution is -2.21. The predicted octanol–water partition coefficient (Wildman–Crippen LogP) is 5.74. The lowest BCUT2D eigenvalue weighted by Gasteiger charge is -2.12. The SMILES string of the molecule is COc1c(Cl)cc(Cl)cc1/C=C1\C(=O)N(c2ccc([N+](=O)[O-])cc2)N=C1c1ccccc1. The first-order chi connectivity index (χ1) is 15.4. The number of hydrazone groups is 1. The molecular weight excluding hydrogens is 453 g/mol. The van der Waals surface area contributed by atoms with Crippen LogP contribution in [0.4, 0.5) is 11.4 Å². The summed E-state index contributed by atoms with van der Waals surface area (Å²) >= 11 is 12.4. The minimum Gasteiger partial charge on any atom is -0.495 e. The molecule has 0 bridgehead atoms. The summed E-state index contributed by atoms with van der Waals surface area (Å²) in [5.74, 6) is -0.0339. The molecule has 32 heavy (non-hydrogen) atoms. The van der Waals surface area contributed by atoms with Gasteiger partial charge in [0.1, 0.15) is 11.5 Å². The Morgan fingerprint density at radius 1 is 1.06 bits per heavy atom. The van der Waals surface area contributed by atoms with Crippen LogP contribution in [0.2, 0.25) is 10.0 Å².